The molecule has 0 saturated carbocycles. The first-order valence-electron chi connectivity index (χ1n) is 19.1. The monoisotopic (exact) mass is 715 g/mol. The summed E-state index contributed by atoms with van der Waals surface area (Å²) in [5, 5.41) is 2.29. The van der Waals surface area contributed by atoms with Crippen LogP contribution in [0.25, 0.3) is 77.6 Å². The van der Waals surface area contributed by atoms with Crippen molar-refractivity contribution in [3.05, 3.63) is 224 Å². The van der Waals surface area contributed by atoms with Crippen molar-refractivity contribution in [2.45, 2.75) is 0 Å². The van der Waals surface area contributed by atoms with E-state index in [9.17, 15) is 0 Å². The topological polar surface area (TPSA) is 16.4 Å². The van der Waals surface area contributed by atoms with Crippen LogP contribution in [0.15, 0.2) is 229 Å². The van der Waals surface area contributed by atoms with Crippen molar-refractivity contribution in [1.82, 2.24) is 0 Å². The van der Waals surface area contributed by atoms with Crippen LogP contribution < -0.4 is 4.90 Å². The van der Waals surface area contributed by atoms with E-state index in [0.717, 1.165) is 50.1 Å². The smallest absolute Gasteiger partial charge is 0.143 e. The summed E-state index contributed by atoms with van der Waals surface area (Å²) < 4.78 is 6.33. The molecule has 0 atom stereocenters. The van der Waals surface area contributed by atoms with E-state index in [4.69, 9.17) is 4.42 Å². The van der Waals surface area contributed by atoms with E-state index in [1.54, 1.807) is 0 Å². The Kier molecular flexibility index (Phi) is 8.55. The zero-order valence-corrected chi connectivity index (χ0v) is 30.7. The Morgan fingerprint density at radius 2 is 0.643 bits per heavy atom. The molecule has 0 radical (unpaired) electrons. The standard InChI is InChI=1S/C54H37NO/c1-3-11-38(12-4-1)40-25-31-47(32-26-40)55(48-33-27-41(28-34-48)39-13-5-2-6-14-39)49-35-29-43(30-36-49)46-16-9-15-45(37-46)42-21-23-44(24-22-42)50-18-10-19-52-51-17-7-8-20-53(51)56-54(50)52/h1-37H. The van der Waals surface area contributed by atoms with Gasteiger partial charge in [0, 0.05) is 33.4 Å². The lowest BCUT2D eigenvalue weighted by Gasteiger charge is -2.26. The highest BCUT2D eigenvalue weighted by molar-refractivity contribution is 6.09. The lowest BCUT2D eigenvalue weighted by atomic mass is 9.96. The summed E-state index contributed by atoms with van der Waals surface area (Å²) in [7, 11) is 0. The molecular formula is C54H37NO. The number of nitrogens with zero attached hydrogens (tertiary/aromatic N) is 1. The molecule has 0 saturated heterocycles. The highest BCUT2D eigenvalue weighted by Gasteiger charge is 2.15. The normalized spacial score (nSPS) is 11.2. The van der Waals surface area contributed by atoms with Crippen LogP contribution in [0.4, 0.5) is 17.1 Å². The highest BCUT2D eigenvalue weighted by Crippen LogP contribution is 2.39. The molecule has 0 aliphatic carbocycles. The molecule has 10 aromatic rings. The lowest BCUT2D eigenvalue weighted by molar-refractivity contribution is 0.670. The van der Waals surface area contributed by atoms with Gasteiger partial charge in [-0.3, -0.25) is 0 Å². The number of rotatable bonds is 8. The van der Waals surface area contributed by atoms with Gasteiger partial charge in [-0.1, -0.05) is 176 Å². The molecule has 2 nitrogen and oxygen atoms in total. The SMILES string of the molecule is c1ccc(-c2ccc(N(c3ccc(-c4ccccc4)cc3)c3ccc(-c4cccc(-c5ccc(-c6cccc7c6oc6ccccc67)cc5)c4)cc3)cc2)cc1. The van der Waals surface area contributed by atoms with Crippen molar-refractivity contribution in [3.8, 4) is 55.6 Å². The molecule has 10 rings (SSSR count). The molecule has 0 aliphatic rings. The Labute approximate surface area is 327 Å². The van der Waals surface area contributed by atoms with Crippen LogP contribution in [0.1, 0.15) is 0 Å². The van der Waals surface area contributed by atoms with E-state index in [1.807, 2.05) is 12.1 Å². The number of fused-ring (bicyclic) bond motifs is 3. The minimum atomic E-state index is 0.916. The molecule has 1 heterocycles. The third-order valence-electron chi connectivity index (χ3n) is 10.7. The number of hydrogen-bond acceptors (Lipinski definition) is 2. The molecule has 0 N–H and O–H groups in total. The fourth-order valence-corrected chi connectivity index (χ4v) is 7.81. The molecular weight excluding hydrogens is 679 g/mol. The number of anilines is 3. The van der Waals surface area contributed by atoms with Crippen molar-refractivity contribution in [2.75, 3.05) is 4.90 Å². The molecule has 1 aromatic heterocycles. The van der Waals surface area contributed by atoms with Gasteiger partial charge in [0.2, 0.25) is 0 Å². The Morgan fingerprint density at radius 1 is 0.268 bits per heavy atom. The maximum absolute atomic E-state index is 6.33. The summed E-state index contributed by atoms with van der Waals surface area (Å²) in [5.74, 6) is 0. The number of hydrogen-bond donors (Lipinski definition) is 0. The summed E-state index contributed by atoms with van der Waals surface area (Å²) >= 11 is 0. The molecule has 0 fully saturated rings. The van der Waals surface area contributed by atoms with Gasteiger partial charge in [-0.05, 0) is 98.6 Å². The first-order valence-corrected chi connectivity index (χ1v) is 19.1. The first kappa shape index (κ1) is 33.2. The zero-order valence-electron chi connectivity index (χ0n) is 30.7. The van der Waals surface area contributed by atoms with Gasteiger partial charge in [0.05, 0.1) is 0 Å². The van der Waals surface area contributed by atoms with Gasteiger partial charge < -0.3 is 9.32 Å². The van der Waals surface area contributed by atoms with Gasteiger partial charge in [0.25, 0.3) is 0 Å². The largest absolute Gasteiger partial charge is 0.455 e. The number of benzene rings is 9. The van der Waals surface area contributed by atoms with Crippen molar-refractivity contribution >= 4 is 39.0 Å². The second-order valence-corrected chi connectivity index (χ2v) is 14.1. The number of furan rings is 1. The fourth-order valence-electron chi connectivity index (χ4n) is 7.81. The van der Waals surface area contributed by atoms with Gasteiger partial charge in [-0.25, -0.2) is 0 Å². The molecule has 264 valence electrons. The number of para-hydroxylation sites is 2. The Balaban J connectivity index is 0.948. The summed E-state index contributed by atoms with van der Waals surface area (Å²) in [4.78, 5) is 2.33. The Morgan fingerprint density at radius 3 is 1.18 bits per heavy atom. The van der Waals surface area contributed by atoms with Gasteiger partial charge in [-0.15, -0.1) is 0 Å². The molecule has 0 spiro atoms. The summed E-state index contributed by atoms with van der Waals surface area (Å²) in [6, 6.07) is 80.0. The van der Waals surface area contributed by atoms with Gasteiger partial charge >= 0.3 is 0 Å². The Bertz CT molecular complexity index is 2830. The van der Waals surface area contributed by atoms with Crippen molar-refractivity contribution in [3.63, 3.8) is 0 Å². The van der Waals surface area contributed by atoms with Crippen LogP contribution in [0, 0.1) is 0 Å². The zero-order chi connectivity index (χ0) is 37.3. The van der Waals surface area contributed by atoms with E-state index in [2.05, 4.69) is 217 Å². The van der Waals surface area contributed by atoms with E-state index >= 15 is 0 Å². The summed E-state index contributed by atoms with van der Waals surface area (Å²) in [6.07, 6.45) is 0. The molecule has 9 aromatic carbocycles. The second kappa shape index (κ2) is 14.4. The molecule has 0 bridgehead atoms. The molecule has 2 heteroatoms. The third kappa shape index (κ3) is 6.34. The van der Waals surface area contributed by atoms with Crippen LogP contribution >= 0.6 is 0 Å². The van der Waals surface area contributed by atoms with Crippen LogP contribution in [-0.2, 0) is 0 Å². The molecule has 56 heavy (non-hydrogen) atoms. The van der Waals surface area contributed by atoms with E-state index in [0.29, 0.717) is 0 Å². The van der Waals surface area contributed by atoms with Gasteiger partial charge in [0.1, 0.15) is 11.2 Å². The van der Waals surface area contributed by atoms with E-state index in [1.165, 1.54) is 44.5 Å². The fraction of sp³-hybridized carbons (Fsp3) is 0. The summed E-state index contributed by atoms with van der Waals surface area (Å²) in [5.41, 5.74) is 16.9. The minimum absolute atomic E-state index is 0.916. The van der Waals surface area contributed by atoms with Crippen LogP contribution in [0.2, 0.25) is 0 Å². The van der Waals surface area contributed by atoms with Crippen molar-refractivity contribution < 1.29 is 4.42 Å². The average Bonchev–Trinajstić information content (AvgIpc) is 3.67. The van der Waals surface area contributed by atoms with Crippen LogP contribution in [0.5, 0.6) is 0 Å². The minimum Gasteiger partial charge on any atom is -0.455 e. The van der Waals surface area contributed by atoms with E-state index in [-0.39, 0.29) is 0 Å². The van der Waals surface area contributed by atoms with Crippen LogP contribution in [-0.4, -0.2) is 0 Å². The quantitative estimate of drug-likeness (QED) is 0.156. The molecule has 0 unspecified atom stereocenters. The van der Waals surface area contributed by atoms with Gasteiger partial charge in [-0.2, -0.15) is 0 Å². The predicted octanol–water partition coefficient (Wildman–Crippen LogP) is 15.4. The van der Waals surface area contributed by atoms with Crippen molar-refractivity contribution in [1.29, 1.82) is 0 Å². The molecule has 0 amide bonds. The predicted molar refractivity (Wildman–Crippen MR) is 236 cm³/mol. The van der Waals surface area contributed by atoms with Crippen LogP contribution in [0.3, 0.4) is 0 Å². The molecule has 0 aliphatic heterocycles. The Hall–Kier alpha value is -7.42. The maximum Gasteiger partial charge on any atom is 0.143 e. The third-order valence-corrected chi connectivity index (χ3v) is 10.7. The van der Waals surface area contributed by atoms with Crippen molar-refractivity contribution in [2.24, 2.45) is 0 Å². The first-order chi connectivity index (χ1) is 27.7. The highest BCUT2D eigenvalue weighted by atomic mass is 16.3. The maximum atomic E-state index is 6.33. The lowest BCUT2D eigenvalue weighted by Crippen LogP contribution is -2.09. The van der Waals surface area contributed by atoms with E-state index < -0.39 is 0 Å². The second-order valence-electron chi connectivity index (χ2n) is 14.1. The summed E-state index contributed by atoms with van der Waals surface area (Å²) in [6.45, 7) is 0. The average molecular weight is 716 g/mol. The van der Waals surface area contributed by atoms with Gasteiger partial charge in [0.15, 0.2) is 0 Å².